The minimum absolute atomic E-state index is 0.188. The molecule has 0 radical (unpaired) electrons. The van der Waals surface area contributed by atoms with Crippen molar-refractivity contribution in [3.8, 4) is 5.75 Å². The summed E-state index contributed by atoms with van der Waals surface area (Å²) in [6, 6.07) is 7.84. The van der Waals surface area contributed by atoms with Gasteiger partial charge in [-0.2, -0.15) is 0 Å². The predicted octanol–water partition coefficient (Wildman–Crippen LogP) is 3.14. The first-order valence-electron chi connectivity index (χ1n) is 7.65. The molecule has 2 aliphatic carbocycles. The highest BCUT2D eigenvalue weighted by molar-refractivity contribution is 5.76. The zero-order valence-electron chi connectivity index (χ0n) is 12.1. The molecule has 0 heterocycles. The lowest BCUT2D eigenvalue weighted by Gasteiger charge is -2.21. The summed E-state index contributed by atoms with van der Waals surface area (Å²) in [5.74, 6) is 3.39. The van der Waals surface area contributed by atoms with Gasteiger partial charge in [0, 0.05) is 18.5 Å². The number of carbonyl (C=O) groups is 1. The highest BCUT2D eigenvalue weighted by atomic mass is 16.5. The number of para-hydroxylation sites is 1. The molecule has 2 fully saturated rings. The van der Waals surface area contributed by atoms with Gasteiger partial charge in [0.15, 0.2) is 0 Å². The van der Waals surface area contributed by atoms with Crippen molar-refractivity contribution < 1.29 is 9.53 Å². The van der Waals surface area contributed by atoms with Crippen LogP contribution in [0.25, 0.3) is 0 Å². The lowest BCUT2D eigenvalue weighted by atomic mass is 9.86. The van der Waals surface area contributed by atoms with E-state index in [0.717, 1.165) is 23.1 Å². The third-order valence-corrected chi connectivity index (χ3v) is 5.00. The molecule has 0 aliphatic heterocycles. The van der Waals surface area contributed by atoms with Gasteiger partial charge >= 0.3 is 0 Å². The van der Waals surface area contributed by atoms with Crippen molar-refractivity contribution in [2.45, 2.75) is 38.6 Å². The average molecular weight is 273 g/mol. The molecule has 3 atom stereocenters. The zero-order chi connectivity index (χ0) is 13.9. The second-order valence-electron chi connectivity index (χ2n) is 6.23. The lowest BCUT2D eigenvalue weighted by molar-refractivity contribution is -0.122. The average Bonchev–Trinajstić information content (AvgIpc) is 3.08. The maximum absolute atomic E-state index is 12.1. The summed E-state index contributed by atoms with van der Waals surface area (Å²) in [6.45, 7) is 0.559. The topological polar surface area (TPSA) is 38.3 Å². The molecule has 0 aromatic heterocycles. The molecule has 1 aromatic carbocycles. The summed E-state index contributed by atoms with van der Waals surface area (Å²) in [5.41, 5.74) is 1.04. The summed E-state index contributed by atoms with van der Waals surface area (Å²) in [4.78, 5) is 12.1. The molecule has 1 amide bonds. The van der Waals surface area contributed by atoms with Crippen LogP contribution in [0.1, 0.15) is 37.7 Å². The number of methoxy groups -OCH3 is 1. The fraction of sp³-hybridized carbons (Fsp3) is 0.588. The third-order valence-electron chi connectivity index (χ3n) is 5.00. The summed E-state index contributed by atoms with van der Waals surface area (Å²) in [6.07, 6.45) is 6.08. The minimum Gasteiger partial charge on any atom is -0.496 e. The van der Waals surface area contributed by atoms with Gasteiger partial charge < -0.3 is 10.1 Å². The predicted molar refractivity (Wildman–Crippen MR) is 78.4 cm³/mol. The fourth-order valence-corrected chi connectivity index (χ4v) is 3.98. The number of nitrogens with one attached hydrogen (secondary N) is 1. The smallest absolute Gasteiger partial charge is 0.220 e. The molecule has 20 heavy (non-hydrogen) atoms. The maximum Gasteiger partial charge on any atom is 0.220 e. The quantitative estimate of drug-likeness (QED) is 0.895. The zero-order valence-corrected chi connectivity index (χ0v) is 12.1. The highest BCUT2D eigenvalue weighted by Gasteiger charge is 2.39. The first-order valence-corrected chi connectivity index (χ1v) is 7.65. The van der Waals surface area contributed by atoms with Crippen molar-refractivity contribution in [1.29, 1.82) is 0 Å². The number of carbonyl (C=O) groups excluding carboxylic acids is 1. The van der Waals surface area contributed by atoms with Crippen molar-refractivity contribution in [2.75, 3.05) is 7.11 Å². The van der Waals surface area contributed by atoms with Gasteiger partial charge in [0.1, 0.15) is 5.75 Å². The van der Waals surface area contributed by atoms with Gasteiger partial charge in [0.05, 0.1) is 7.11 Å². The molecule has 0 spiro atoms. The van der Waals surface area contributed by atoms with Crippen LogP contribution in [0.15, 0.2) is 24.3 Å². The molecule has 3 nitrogen and oxygen atoms in total. The number of ether oxygens (including phenoxy) is 1. The maximum atomic E-state index is 12.1. The molecular weight excluding hydrogens is 250 g/mol. The first kappa shape index (κ1) is 13.5. The lowest BCUT2D eigenvalue weighted by Crippen LogP contribution is -2.27. The highest BCUT2D eigenvalue weighted by Crippen LogP contribution is 2.49. The number of fused-ring (bicyclic) bond motifs is 2. The van der Waals surface area contributed by atoms with Crippen LogP contribution in [0.5, 0.6) is 5.75 Å². The van der Waals surface area contributed by atoms with Crippen LogP contribution in [0.3, 0.4) is 0 Å². The summed E-state index contributed by atoms with van der Waals surface area (Å²) >= 11 is 0. The van der Waals surface area contributed by atoms with Crippen LogP contribution < -0.4 is 10.1 Å². The Kier molecular flexibility index (Phi) is 3.95. The normalized spacial score (nSPS) is 27.6. The van der Waals surface area contributed by atoms with Crippen LogP contribution in [0, 0.1) is 17.8 Å². The number of rotatable bonds is 5. The van der Waals surface area contributed by atoms with Crippen molar-refractivity contribution in [3.63, 3.8) is 0 Å². The molecule has 108 valence electrons. The minimum atomic E-state index is 0.188. The van der Waals surface area contributed by atoms with E-state index >= 15 is 0 Å². The van der Waals surface area contributed by atoms with Crippen LogP contribution in [-0.2, 0) is 11.3 Å². The summed E-state index contributed by atoms with van der Waals surface area (Å²) in [7, 11) is 1.66. The Balaban J connectivity index is 1.50. The monoisotopic (exact) mass is 273 g/mol. The van der Waals surface area contributed by atoms with Gasteiger partial charge in [-0.15, -0.1) is 0 Å². The van der Waals surface area contributed by atoms with E-state index < -0.39 is 0 Å². The van der Waals surface area contributed by atoms with Gasteiger partial charge in [-0.1, -0.05) is 24.6 Å². The van der Waals surface area contributed by atoms with E-state index in [1.54, 1.807) is 7.11 Å². The molecule has 2 bridgehead atoms. The van der Waals surface area contributed by atoms with Crippen LogP contribution >= 0.6 is 0 Å². The molecule has 1 N–H and O–H groups in total. The van der Waals surface area contributed by atoms with E-state index in [9.17, 15) is 4.79 Å². The van der Waals surface area contributed by atoms with Crippen molar-refractivity contribution in [2.24, 2.45) is 17.8 Å². The molecule has 0 saturated heterocycles. The van der Waals surface area contributed by atoms with E-state index in [1.807, 2.05) is 24.3 Å². The Bertz CT molecular complexity index is 486. The standard InChI is InChI=1S/C17H23NO2/c1-20-16-5-3-2-4-14(16)11-18-17(19)10-15-9-12-6-7-13(15)8-12/h2-5,12-13,15H,6-11H2,1H3,(H,18,19)/t12-,13+,15+/m0/s1. The van der Waals surface area contributed by atoms with Crippen LogP contribution in [-0.4, -0.2) is 13.0 Å². The third kappa shape index (κ3) is 2.82. The van der Waals surface area contributed by atoms with Crippen molar-refractivity contribution >= 4 is 5.91 Å². The van der Waals surface area contributed by atoms with Crippen LogP contribution in [0.2, 0.25) is 0 Å². The SMILES string of the molecule is COc1ccccc1CNC(=O)C[C@H]1C[C@H]2CC[C@@H]1C2. The number of hydrogen-bond acceptors (Lipinski definition) is 2. The van der Waals surface area contributed by atoms with E-state index in [0.29, 0.717) is 18.9 Å². The van der Waals surface area contributed by atoms with Crippen LogP contribution in [0.4, 0.5) is 0 Å². The molecular formula is C17H23NO2. The van der Waals surface area contributed by atoms with E-state index in [1.165, 1.54) is 25.7 Å². The fourth-order valence-electron chi connectivity index (χ4n) is 3.98. The Labute approximate surface area is 120 Å². The number of benzene rings is 1. The van der Waals surface area contributed by atoms with Gasteiger partial charge in [-0.3, -0.25) is 4.79 Å². The van der Waals surface area contributed by atoms with E-state index in [-0.39, 0.29) is 5.91 Å². The van der Waals surface area contributed by atoms with Crippen molar-refractivity contribution in [1.82, 2.24) is 5.32 Å². The van der Waals surface area contributed by atoms with Gasteiger partial charge in [-0.25, -0.2) is 0 Å². The van der Waals surface area contributed by atoms with Crippen molar-refractivity contribution in [3.05, 3.63) is 29.8 Å². The first-order chi connectivity index (χ1) is 9.76. The number of hydrogen-bond donors (Lipinski definition) is 1. The number of amides is 1. The molecule has 3 heteroatoms. The Morgan fingerprint density at radius 1 is 1.30 bits per heavy atom. The molecule has 2 aliphatic rings. The molecule has 1 aromatic rings. The summed E-state index contributed by atoms with van der Waals surface area (Å²) in [5, 5.41) is 3.04. The van der Waals surface area contributed by atoms with E-state index in [2.05, 4.69) is 5.32 Å². The second kappa shape index (κ2) is 5.86. The second-order valence-corrected chi connectivity index (χ2v) is 6.23. The Morgan fingerprint density at radius 3 is 2.85 bits per heavy atom. The molecule has 0 unspecified atom stereocenters. The largest absolute Gasteiger partial charge is 0.496 e. The molecule has 3 rings (SSSR count). The Hall–Kier alpha value is -1.51. The van der Waals surface area contributed by atoms with Gasteiger partial charge in [0.25, 0.3) is 0 Å². The molecule has 2 saturated carbocycles. The summed E-state index contributed by atoms with van der Waals surface area (Å²) < 4.78 is 5.30. The van der Waals surface area contributed by atoms with E-state index in [4.69, 9.17) is 4.74 Å². The van der Waals surface area contributed by atoms with Gasteiger partial charge in [0.2, 0.25) is 5.91 Å². The van der Waals surface area contributed by atoms with Gasteiger partial charge in [-0.05, 0) is 43.1 Å². The Morgan fingerprint density at radius 2 is 2.15 bits per heavy atom.